The third-order valence-corrected chi connectivity index (χ3v) is 8.37. The summed E-state index contributed by atoms with van der Waals surface area (Å²) in [5.74, 6) is -0.576. The van der Waals surface area contributed by atoms with E-state index in [1.165, 1.54) is 0 Å². The van der Waals surface area contributed by atoms with E-state index in [1.54, 1.807) is 23.1 Å². The van der Waals surface area contributed by atoms with Gasteiger partial charge in [-0.25, -0.2) is 9.97 Å². The van der Waals surface area contributed by atoms with E-state index in [4.69, 9.17) is 10.4 Å². The number of anilines is 2. The van der Waals surface area contributed by atoms with Crippen molar-refractivity contribution in [3.63, 3.8) is 0 Å². The van der Waals surface area contributed by atoms with Crippen LogP contribution in [0.2, 0.25) is 0 Å². The Labute approximate surface area is 245 Å². The second-order valence-electron chi connectivity index (χ2n) is 11.9. The van der Waals surface area contributed by atoms with Crippen LogP contribution in [0.3, 0.4) is 0 Å². The SMILES string of the molecule is C[N+](C)(CCCO)CCC1CCN(c2cc(N3CCC3C(=O)NCCc3ccc(C#N)cc3)nc(C(F)(F)F)n2)CC1. The maximum atomic E-state index is 13.8. The third-order valence-electron chi connectivity index (χ3n) is 8.37. The van der Waals surface area contributed by atoms with Crippen molar-refractivity contribution in [2.75, 3.05) is 69.8 Å². The van der Waals surface area contributed by atoms with E-state index in [1.807, 2.05) is 17.0 Å². The number of carbonyl (C=O) groups excluding carboxylic acids is 1. The van der Waals surface area contributed by atoms with E-state index in [-0.39, 0.29) is 24.1 Å². The summed E-state index contributed by atoms with van der Waals surface area (Å²) in [5.41, 5.74) is 1.54. The van der Waals surface area contributed by atoms with E-state index in [0.717, 1.165) is 48.8 Å². The molecule has 2 aliphatic heterocycles. The number of nitrogens with one attached hydrogen (secondary N) is 1. The van der Waals surface area contributed by atoms with E-state index in [0.29, 0.717) is 50.5 Å². The molecule has 0 radical (unpaired) electrons. The average molecular weight is 589 g/mol. The summed E-state index contributed by atoms with van der Waals surface area (Å²) in [6, 6.07) is 10.2. The number of benzene rings is 1. The van der Waals surface area contributed by atoms with Gasteiger partial charge in [0.25, 0.3) is 0 Å². The van der Waals surface area contributed by atoms with Gasteiger partial charge in [0.05, 0.1) is 38.8 Å². The molecule has 1 atom stereocenters. The number of aromatic nitrogens is 2. The second-order valence-corrected chi connectivity index (χ2v) is 11.9. The monoisotopic (exact) mass is 588 g/mol. The van der Waals surface area contributed by atoms with E-state index in [9.17, 15) is 18.0 Å². The number of rotatable bonds is 12. The van der Waals surface area contributed by atoms with Gasteiger partial charge < -0.3 is 24.7 Å². The van der Waals surface area contributed by atoms with Gasteiger partial charge in [-0.2, -0.15) is 18.4 Å². The number of amides is 1. The highest BCUT2D eigenvalue weighted by Crippen LogP contribution is 2.34. The van der Waals surface area contributed by atoms with E-state index >= 15 is 0 Å². The number of aliphatic hydroxyl groups excluding tert-OH is 1. The minimum Gasteiger partial charge on any atom is -0.396 e. The molecule has 1 aromatic carbocycles. The van der Waals surface area contributed by atoms with Crippen LogP contribution in [0.4, 0.5) is 24.8 Å². The Morgan fingerprint density at radius 1 is 1.10 bits per heavy atom. The minimum absolute atomic E-state index is 0.121. The molecule has 1 aromatic heterocycles. The van der Waals surface area contributed by atoms with Gasteiger partial charge in [0.15, 0.2) is 0 Å². The molecule has 42 heavy (non-hydrogen) atoms. The second kappa shape index (κ2) is 13.7. The first-order valence-corrected chi connectivity index (χ1v) is 14.7. The van der Waals surface area contributed by atoms with Crippen LogP contribution in [-0.2, 0) is 17.4 Å². The lowest BCUT2D eigenvalue weighted by Crippen LogP contribution is -2.57. The first-order valence-electron chi connectivity index (χ1n) is 14.7. The van der Waals surface area contributed by atoms with Crippen molar-refractivity contribution < 1.29 is 27.6 Å². The van der Waals surface area contributed by atoms with E-state index < -0.39 is 18.0 Å². The topological polar surface area (TPSA) is 105 Å². The molecule has 228 valence electrons. The highest BCUT2D eigenvalue weighted by Gasteiger charge is 2.40. The van der Waals surface area contributed by atoms with Gasteiger partial charge in [-0.15, -0.1) is 0 Å². The summed E-state index contributed by atoms with van der Waals surface area (Å²) < 4.78 is 42.3. The molecule has 4 rings (SSSR count). The van der Waals surface area contributed by atoms with Crippen LogP contribution in [0.15, 0.2) is 30.3 Å². The molecular weight excluding hydrogens is 547 g/mol. The number of carbonyl (C=O) groups is 1. The predicted molar refractivity (Wildman–Crippen MR) is 154 cm³/mol. The van der Waals surface area contributed by atoms with E-state index in [2.05, 4.69) is 35.4 Å². The van der Waals surface area contributed by atoms with Crippen LogP contribution >= 0.6 is 0 Å². The number of hydrogen-bond acceptors (Lipinski definition) is 7. The fourth-order valence-corrected chi connectivity index (χ4v) is 5.58. The summed E-state index contributed by atoms with van der Waals surface area (Å²) >= 11 is 0. The lowest BCUT2D eigenvalue weighted by atomic mass is 9.93. The van der Waals surface area contributed by atoms with Crippen molar-refractivity contribution >= 4 is 17.5 Å². The summed E-state index contributed by atoms with van der Waals surface area (Å²) in [5, 5.41) is 20.9. The van der Waals surface area contributed by atoms with Crippen molar-refractivity contribution in [2.24, 2.45) is 5.92 Å². The Balaban J connectivity index is 1.36. The van der Waals surface area contributed by atoms with Gasteiger partial charge in [-0.05, 0) is 55.7 Å². The maximum absolute atomic E-state index is 13.8. The number of nitriles is 1. The fourth-order valence-electron chi connectivity index (χ4n) is 5.58. The Morgan fingerprint density at radius 2 is 1.79 bits per heavy atom. The van der Waals surface area contributed by atoms with Gasteiger partial charge in [0, 0.05) is 45.3 Å². The Morgan fingerprint density at radius 3 is 2.38 bits per heavy atom. The number of halogens is 3. The highest BCUT2D eigenvalue weighted by molar-refractivity contribution is 5.86. The molecule has 9 nitrogen and oxygen atoms in total. The molecular formula is C30H41F3N7O2+. The zero-order chi connectivity index (χ0) is 30.3. The van der Waals surface area contributed by atoms with Crippen molar-refractivity contribution in [2.45, 2.75) is 50.7 Å². The van der Waals surface area contributed by atoms with Crippen LogP contribution in [-0.4, -0.2) is 91.5 Å². The average Bonchev–Trinajstić information content (AvgIpc) is 2.94. The first-order chi connectivity index (χ1) is 20.0. The van der Waals surface area contributed by atoms with Crippen molar-refractivity contribution in [3.8, 4) is 6.07 Å². The van der Waals surface area contributed by atoms with Gasteiger partial charge >= 0.3 is 6.18 Å². The van der Waals surface area contributed by atoms with Crippen LogP contribution in [0, 0.1) is 17.2 Å². The number of hydrogen-bond donors (Lipinski definition) is 2. The van der Waals surface area contributed by atoms with Crippen molar-refractivity contribution in [1.29, 1.82) is 5.26 Å². The number of piperidine rings is 1. The molecule has 0 aliphatic carbocycles. The fraction of sp³-hybridized carbons (Fsp3) is 0.600. The summed E-state index contributed by atoms with van der Waals surface area (Å²) in [6.45, 7) is 4.13. The van der Waals surface area contributed by atoms with Crippen molar-refractivity contribution in [1.82, 2.24) is 15.3 Å². The summed E-state index contributed by atoms with van der Waals surface area (Å²) in [4.78, 5) is 24.2. The molecule has 0 spiro atoms. The standard InChI is InChI=1S/C30H40F3N7O2/c1-40(2,17-3-19-41)18-12-23-9-14-38(15-10-23)26-20-27(37-29(36-26)30(31,32)33)39-16-11-25(39)28(42)35-13-8-22-4-6-24(21-34)7-5-22/h4-7,20,23,25,41H,3,8-19H2,1-2H3/p+1. The number of aliphatic hydroxyl groups is 1. The number of quaternary nitrogens is 1. The molecule has 3 heterocycles. The number of alkyl halides is 3. The normalized spacial score (nSPS) is 18.0. The lowest BCUT2D eigenvalue weighted by Gasteiger charge is -2.41. The zero-order valence-corrected chi connectivity index (χ0v) is 24.4. The largest absolute Gasteiger partial charge is 0.451 e. The lowest BCUT2D eigenvalue weighted by molar-refractivity contribution is -0.891. The van der Waals surface area contributed by atoms with Gasteiger partial charge in [-0.3, -0.25) is 4.79 Å². The molecule has 2 aromatic rings. The molecule has 2 saturated heterocycles. The molecule has 0 saturated carbocycles. The predicted octanol–water partition coefficient (Wildman–Crippen LogP) is 3.37. The molecule has 1 unspecified atom stereocenters. The summed E-state index contributed by atoms with van der Waals surface area (Å²) in [7, 11) is 4.31. The quantitative estimate of drug-likeness (QED) is 0.367. The van der Waals surface area contributed by atoms with Crippen LogP contribution < -0.4 is 15.1 Å². The number of nitrogens with zero attached hydrogens (tertiary/aromatic N) is 6. The molecule has 0 bridgehead atoms. The minimum atomic E-state index is -4.70. The first kappa shape index (κ1) is 31.5. The van der Waals surface area contributed by atoms with Crippen LogP contribution in [0.1, 0.15) is 49.1 Å². The Hall–Kier alpha value is -3.43. The van der Waals surface area contributed by atoms with Crippen LogP contribution in [0.5, 0.6) is 0 Å². The zero-order valence-electron chi connectivity index (χ0n) is 24.4. The third kappa shape index (κ3) is 8.32. The maximum Gasteiger partial charge on any atom is 0.451 e. The molecule has 1 amide bonds. The Kier molecular flexibility index (Phi) is 10.3. The van der Waals surface area contributed by atoms with Crippen molar-refractivity contribution in [3.05, 3.63) is 47.3 Å². The summed E-state index contributed by atoms with van der Waals surface area (Å²) in [6.07, 6.45) is -0.0582. The molecule has 12 heteroatoms. The van der Waals surface area contributed by atoms with Gasteiger partial charge in [0.2, 0.25) is 11.7 Å². The molecule has 2 fully saturated rings. The van der Waals surface area contributed by atoms with Crippen LogP contribution in [0.25, 0.3) is 0 Å². The smallest absolute Gasteiger partial charge is 0.396 e. The van der Waals surface area contributed by atoms with Gasteiger partial charge in [-0.1, -0.05) is 12.1 Å². The Bertz CT molecular complexity index is 1240. The highest BCUT2D eigenvalue weighted by atomic mass is 19.4. The molecule has 2 N–H and O–H groups in total. The van der Waals surface area contributed by atoms with Gasteiger partial charge in [0.1, 0.15) is 17.7 Å². The molecule has 2 aliphatic rings.